The Kier molecular flexibility index (Phi) is 5.38. The van der Waals surface area contributed by atoms with Gasteiger partial charge < -0.3 is 5.73 Å². The Bertz CT molecular complexity index is 226. The van der Waals surface area contributed by atoms with Gasteiger partial charge in [-0.15, -0.1) is 12.4 Å². The normalized spacial score (nSPS) is 9.36. The molecule has 0 aliphatic heterocycles. The number of rotatable bonds is 2. The summed E-state index contributed by atoms with van der Waals surface area (Å²) in [5, 5.41) is 0. The van der Waals surface area contributed by atoms with Gasteiger partial charge in [-0.2, -0.15) is 0 Å². The molecule has 2 nitrogen and oxygen atoms in total. The van der Waals surface area contributed by atoms with E-state index >= 15 is 0 Å². The summed E-state index contributed by atoms with van der Waals surface area (Å²) >= 11 is 12.6. The Labute approximate surface area is 85.1 Å². The third-order valence-corrected chi connectivity index (χ3v) is 2.44. The topological polar surface area (TPSA) is 38.9 Å². The summed E-state index contributed by atoms with van der Waals surface area (Å²) in [6.45, 7) is 0.555. The third-order valence-electron chi connectivity index (χ3n) is 1.00. The second kappa shape index (κ2) is 5.17. The van der Waals surface area contributed by atoms with Crippen molar-refractivity contribution in [2.75, 3.05) is 6.54 Å². The van der Waals surface area contributed by atoms with Crippen molar-refractivity contribution in [1.29, 1.82) is 0 Å². The number of hydrogen-bond acceptors (Lipinski definition) is 3. The fourth-order valence-electron chi connectivity index (χ4n) is 0.597. The lowest BCUT2D eigenvalue weighted by Gasteiger charge is -1.89. The van der Waals surface area contributed by atoms with Gasteiger partial charge in [0.2, 0.25) is 0 Å². The van der Waals surface area contributed by atoms with Gasteiger partial charge in [-0.05, 0) is 6.54 Å². The molecule has 0 bridgehead atoms. The van der Waals surface area contributed by atoms with Crippen LogP contribution < -0.4 is 5.73 Å². The average molecular weight is 234 g/mol. The molecule has 0 atom stereocenters. The zero-order valence-corrected chi connectivity index (χ0v) is 8.66. The molecule has 0 saturated heterocycles. The lowest BCUT2D eigenvalue weighted by molar-refractivity contribution is 0.936. The molecule has 0 aliphatic rings. The van der Waals surface area contributed by atoms with Gasteiger partial charge in [0, 0.05) is 6.42 Å². The van der Waals surface area contributed by atoms with Gasteiger partial charge in [0.15, 0.2) is 4.47 Å². The maximum atomic E-state index is 5.74. The van der Waals surface area contributed by atoms with E-state index in [0.29, 0.717) is 21.8 Å². The van der Waals surface area contributed by atoms with Crippen molar-refractivity contribution in [3.8, 4) is 0 Å². The molecule has 1 aromatic rings. The van der Waals surface area contributed by atoms with Gasteiger partial charge in [-0.3, -0.25) is 0 Å². The summed E-state index contributed by atoms with van der Waals surface area (Å²) < 4.78 is 1.13. The van der Waals surface area contributed by atoms with Crippen LogP contribution in [0.4, 0.5) is 0 Å². The quantitative estimate of drug-likeness (QED) is 0.852. The van der Waals surface area contributed by atoms with Gasteiger partial charge in [-0.25, -0.2) is 4.98 Å². The van der Waals surface area contributed by atoms with E-state index < -0.39 is 0 Å². The molecule has 0 fully saturated rings. The van der Waals surface area contributed by atoms with Crippen molar-refractivity contribution in [2.45, 2.75) is 6.42 Å². The van der Waals surface area contributed by atoms with Crippen LogP contribution in [-0.2, 0) is 6.42 Å². The number of thiazole rings is 1. The van der Waals surface area contributed by atoms with E-state index in [-0.39, 0.29) is 12.4 Å². The van der Waals surface area contributed by atoms with Crippen LogP contribution in [0.3, 0.4) is 0 Å². The standard InChI is InChI=1S/C5H6Cl2N2S.ClH/c6-4-3(1-2-8)9-5(7)10-4;/h1-2,8H2;1H. The molecule has 1 heterocycles. The Hall–Kier alpha value is 0.460. The highest BCUT2D eigenvalue weighted by atomic mass is 35.5. The van der Waals surface area contributed by atoms with Crippen LogP contribution in [0.5, 0.6) is 0 Å². The molecular formula is C5H7Cl3N2S. The zero-order valence-electron chi connectivity index (χ0n) is 5.51. The minimum atomic E-state index is 0. The van der Waals surface area contributed by atoms with Crippen LogP contribution in [0.15, 0.2) is 0 Å². The number of aromatic nitrogens is 1. The van der Waals surface area contributed by atoms with E-state index in [4.69, 9.17) is 28.9 Å². The molecular weight excluding hydrogens is 226 g/mol. The Morgan fingerprint density at radius 2 is 2.09 bits per heavy atom. The molecule has 1 aromatic heterocycles. The summed E-state index contributed by atoms with van der Waals surface area (Å²) in [7, 11) is 0. The molecule has 0 saturated carbocycles. The van der Waals surface area contributed by atoms with Crippen molar-refractivity contribution in [3.05, 3.63) is 14.5 Å². The molecule has 0 spiro atoms. The van der Waals surface area contributed by atoms with Gasteiger partial charge >= 0.3 is 0 Å². The lowest BCUT2D eigenvalue weighted by Crippen LogP contribution is -2.02. The molecule has 6 heteroatoms. The van der Waals surface area contributed by atoms with Gasteiger partial charge in [-0.1, -0.05) is 34.5 Å². The molecule has 2 N–H and O–H groups in total. The molecule has 1 rings (SSSR count). The van der Waals surface area contributed by atoms with E-state index in [1.54, 1.807) is 0 Å². The Morgan fingerprint density at radius 3 is 2.45 bits per heavy atom. The predicted octanol–water partition coefficient (Wildman–Crippen LogP) is 2.37. The monoisotopic (exact) mass is 232 g/mol. The largest absolute Gasteiger partial charge is 0.330 e. The number of hydrogen-bond donors (Lipinski definition) is 1. The predicted molar refractivity (Wildman–Crippen MR) is 52.1 cm³/mol. The van der Waals surface area contributed by atoms with Gasteiger partial charge in [0.25, 0.3) is 0 Å². The molecule has 0 radical (unpaired) electrons. The fourth-order valence-corrected chi connectivity index (χ4v) is 1.97. The van der Waals surface area contributed by atoms with E-state index in [2.05, 4.69) is 4.98 Å². The highest BCUT2D eigenvalue weighted by Crippen LogP contribution is 2.27. The van der Waals surface area contributed by atoms with Crippen LogP contribution in [0, 0.1) is 0 Å². The van der Waals surface area contributed by atoms with E-state index in [1.807, 2.05) is 0 Å². The summed E-state index contributed by atoms with van der Waals surface area (Å²) in [6.07, 6.45) is 0.696. The summed E-state index contributed by atoms with van der Waals surface area (Å²) in [5.41, 5.74) is 6.11. The molecule has 0 aromatic carbocycles. The van der Waals surface area contributed by atoms with Crippen molar-refractivity contribution < 1.29 is 0 Å². The first-order chi connectivity index (χ1) is 4.74. The first kappa shape index (κ1) is 11.5. The summed E-state index contributed by atoms with van der Waals surface area (Å²) in [6, 6.07) is 0. The van der Waals surface area contributed by atoms with Crippen LogP contribution >= 0.6 is 46.9 Å². The van der Waals surface area contributed by atoms with Crippen LogP contribution in [0.25, 0.3) is 0 Å². The lowest BCUT2D eigenvalue weighted by atomic mass is 10.3. The SMILES string of the molecule is Cl.NCCc1nc(Cl)sc1Cl. The highest BCUT2D eigenvalue weighted by Gasteiger charge is 2.05. The fraction of sp³-hybridized carbons (Fsp3) is 0.400. The Balaban J connectivity index is 0.000001000. The molecule has 0 aliphatic carbocycles. The van der Waals surface area contributed by atoms with Crippen molar-refractivity contribution in [2.24, 2.45) is 5.73 Å². The second-order valence-electron chi connectivity index (χ2n) is 1.73. The van der Waals surface area contributed by atoms with Gasteiger partial charge in [0.1, 0.15) is 4.34 Å². The first-order valence-corrected chi connectivity index (χ1v) is 4.32. The van der Waals surface area contributed by atoms with Gasteiger partial charge in [0.05, 0.1) is 5.69 Å². The van der Waals surface area contributed by atoms with Crippen LogP contribution in [0.1, 0.15) is 5.69 Å². The maximum Gasteiger partial charge on any atom is 0.185 e. The first-order valence-electron chi connectivity index (χ1n) is 2.75. The minimum Gasteiger partial charge on any atom is -0.330 e. The van der Waals surface area contributed by atoms with Crippen LogP contribution in [0.2, 0.25) is 8.80 Å². The number of nitrogens with zero attached hydrogens (tertiary/aromatic N) is 1. The third kappa shape index (κ3) is 3.13. The van der Waals surface area contributed by atoms with E-state index in [9.17, 15) is 0 Å². The van der Waals surface area contributed by atoms with Crippen molar-refractivity contribution >= 4 is 46.9 Å². The smallest absolute Gasteiger partial charge is 0.185 e. The summed E-state index contributed by atoms with van der Waals surface area (Å²) in [4.78, 5) is 3.97. The minimum absolute atomic E-state index is 0. The van der Waals surface area contributed by atoms with E-state index in [1.165, 1.54) is 11.3 Å². The van der Waals surface area contributed by atoms with Crippen LogP contribution in [-0.4, -0.2) is 11.5 Å². The molecule has 11 heavy (non-hydrogen) atoms. The number of halogens is 3. The molecule has 0 unspecified atom stereocenters. The van der Waals surface area contributed by atoms with Crippen molar-refractivity contribution in [3.63, 3.8) is 0 Å². The molecule has 0 amide bonds. The Morgan fingerprint density at radius 1 is 1.45 bits per heavy atom. The zero-order chi connectivity index (χ0) is 7.56. The number of nitrogens with two attached hydrogens (primary N) is 1. The highest BCUT2D eigenvalue weighted by molar-refractivity contribution is 7.19. The average Bonchev–Trinajstić information content (AvgIpc) is 2.13. The molecule has 64 valence electrons. The second-order valence-corrected chi connectivity index (χ2v) is 3.91. The van der Waals surface area contributed by atoms with E-state index in [0.717, 1.165) is 5.69 Å². The maximum absolute atomic E-state index is 5.74. The summed E-state index contributed by atoms with van der Waals surface area (Å²) in [5.74, 6) is 0. The van der Waals surface area contributed by atoms with Crippen molar-refractivity contribution in [1.82, 2.24) is 4.98 Å².